The van der Waals surface area contributed by atoms with E-state index in [0.29, 0.717) is 24.1 Å². The summed E-state index contributed by atoms with van der Waals surface area (Å²) in [6.45, 7) is 5.48. The van der Waals surface area contributed by atoms with Crippen LogP contribution >= 0.6 is 0 Å². The van der Waals surface area contributed by atoms with Crippen LogP contribution in [0.2, 0.25) is 0 Å². The maximum absolute atomic E-state index is 11.2. The van der Waals surface area contributed by atoms with Gasteiger partial charge in [0, 0.05) is 25.6 Å². The average molecular weight is 281 g/mol. The molecule has 0 aliphatic heterocycles. The summed E-state index contributed by atoms with van der Waals surface area (Å²) in [4.78, 5) is 10.9. The Bertz CT molecular complexity index is 479. The standard InChI is InChI=1S/C13H23N5O2/c1-9(2)11-12(18(19)20)13(17(3)16-11)15-8-4-7-14-10-5-6-10/h9-10,14-15H,4-8H2,1-3H3. The lowest BCUT2D eigenvalue weighted by Crippen LogP contribution is -2.20. The van der Waals surface area contributed by atoms with E-state index in [1.165, 1.54) is 12.8 Å². The Balaban J connectivity index is 1.96. The van der Waals surface area contributed by atoms with Crippen LogP contribution in [0.25, 0.3) is 0 Å². The molecule has 0 radical (unpaired) electrons. The van der Waals surface area contributed by atoms with Gasteiger partial charge in [0.15, 0.2) is 0 Å². The number of nitrogens with one attached hydrogen (secondary N) is 2. The van der Waals surface area contributed by atoms with Gasteiger partial charge in [-0.05, 0) is 25.8 Å². The number of aryl methyl sites for hydroxylation is 1. The largest absolute Gasteiger partial charge is 0.364 e. The molecule has 0 aromatic carbocycles. The minimum absolute atomic E-state index is 0.0358. The molecule has 0 bridgehead atoms. The van der Waals surface area contributed by atoms with Crippen molar-refractivity contribution in [3.05, 3.63) is 15.8 Å². The van der Waals surface area contributed by atoms with Crippen LogP contribution in [0.1, 0.15) is 44.7 Å². The Labute approximate surface area is 118 Å². The van der Waals surface area contributed by atoms with Crippen LogP contribution in [0.15, 0.2) is 0 Å². The molecule has 2 N–H and O–H groups in total. The van der Waals surface area contributed by atoms with Gasteiger partial charge in [0.25, 0.3) is 0 Å². The Morgan fingerprint density at radius 2 is 2.15 bits per heavy atom. The summed E-state index contributed by atoms with van der Waals surface area (Å²) in [6.07, 6.45) is 3.49. The number of nitrogens with zero attached hydrogens (tertiary/aromatic N) is 3. The fourth-order valence-corrected chi connectivity index (χ4v) is 2.19. The molecule has 2 rings (SSSR count). The molecule has 0 amide bonds. The first kappa shape index (κ1) is 14.8. The zero-order chi connectivity index (χ0) is 14.7. The first-order valence-electron chi connectivity index (χ1n) is 7.19. The smallest absolute Gasteiger partial charge is 0.334 e. The fourth-order valence-electron chi connectivity index (χ4n) is 2.19. The van der Waals surface area contributed by atoms with Crippen LogP contribution in [-0.4, -0.2) is 33.8 Å². The summed E-state index contributed by atoms with van der Waals surface area (Å²) in [5.41, 5.74) is 0.647. The molecule has 0 unspecified atom stereocenters. The van der Waals surface area contributed by atoms with Crippen molar-refractivity contribution in [1.82, 2.24) is 15.1 Å². The molecule has 1 aliphatic rings. The van der Waals surface area contributed by atoms with Crippen molar-refractivity contribution in [2.24, 2.45) is 7.05 Å². The second-order valence-electron chi connectivity index (χ2n) is 5.63. The molecule has 7 heteroatoms. The molecule has 1 heterocycles. The van der Waals surface area contributed by atoms with Crippen molar-refractivity contribution in [1.29, 1.82) is 0 Å². The van der Waals surface area contributed by atoms with Gasteiger partial charge in [-0.15, -0.1) is 0 Å². The van der Waals surface area contributed by atoms with Gasteiger partial charge in [0.05, 0.1) is 4.92 Å². The van der Waals surface area contributed by atoms with Gasteiger partial charge in [-0.25, -0.2) is 4.68 Å². The number of nitro groups is 1. The molecule has 1 aromatic heterocycles. The van der Waals surface area contributed by atoms with E-state index >= 15 is 0 Å². The van der Waals surface area contributed by atoms with Gasteiger partial charge in [-0.2, -0.15) is 5.10 Å². The third-order valence-corrected chi connectivity index (χ3v) is 3.43. The minimum atomic E-state index is -0.340. The molecule has 7 nitrogen and oxygen atoms in total. The molecule has 1 saturated carbocycles. The lowest BCUT2D eigenvalue weighted by molar-refractivity contribution is -0.384. The molecule has 0 saturated heterocycles. The van der Waals surface area contributed by atoms with Crippen LogP contribution in [0.5, 0.6) is 0 Å². The predicted octanol–water partition coefficient (Wildman–Crippen LogP) is 2.01. The van der Waals surface area contributed by atoms with Crippen LogP contribution in [0.3, 0.4) is 0 Å². The van der Waals surface area contributed by atoms with E-state index in [9.17, 15) is 10.1 Å². The number of aromatic nitrogens is 2. The summed E-state index contributed by atoms with van der Waals surface area (Å²) in [6, 6.07) is 0.702. The van der Waals surface area contributed by atoms with Crippen LogP contribution < -0.4 is 10.6 Å². The predicted molar refractivity (Wildman–Crippen MR) is 78.1 cm³/mol. The molecule has 1 aromatic rings. The monoisotopic (exact) mass is 281 g/mol. The molecule has 20 heavy (non-hydrogen) atoms. The second kappa shape index (κ2) is 6.21. The molecule has 112 valence electrons. The highest BCUT2D eigenvalue weighted by molar-refractivity contribution is 5.60. The van der Waals surface area contributed by atoms with E-state index in [-0.39, 0.29) is 16.5 Å². The van der Waals surface area contributed by atoms with E-state index < -0.39 is 0 Å². The van der Waals surface area contributed by atoms with E-state index in [1.807, 2.05) is 13.8 Å². The van der Waals surface area contributed by atoms with E-state index in [2.05, 4.69) is 15.7 Å². The van der Waals surface area contributed by atoms with Crippen LogP contribution in [0.4, 0.5) is 11.5 Å². The van der Waals surface area contributed by atoms with Gasteiger partial charge in [-0.3, -0.25) is 10.1 Å². The summed E-state index contributed by atoms with van der Waals surface area (Å²) in [5, 5.41) is 22.1. The number of anilines is 1. The molecule has 1 aliphatic carbocycles. The summed E-state index contributed by atoms with van der Waals surface area (Å²) >= 11 is 0. The quantitative estimate of drug-likeness (QED) is 0.432. The summed E-state index contributed by atoms with van der Waals surface area (Å²) in [5.74, 6) is 0.541. The third-order valence-electron chi connectivity index (χ3n) is 3.43. The number of hydrogen-bond donors (Lipinski definition) is 2. The molecular formula is C13H23N5O2. The van der Waals surface area contributed by atoms with Gasteiger partial charge in [0.2, 0.25) is 5.82 Å². The lowest BCUT2D eigenvalue weighted by Gasteiger charge is -2.06. The van der Waals surface area contributed by atoms with Crippen molar-refractivity contribution in [2.45, 2.75) is 45.1 Å². The summed E-state index contributed by atoms with van der Waals surface area (Å²) < 4.78 is 1.57. The maximum Gasteiger partial charge on any atom is 0.334 e. The third kappa shape index (κ3) is 3.47. The van der Waals surface area contributed by atoms with Crippen molar-refractivity contribution in [2.75, 3.05) is 18.4 Å². The van der Waals surface area contributed by atoms with Crippen molar-refractivity contribution in [3.8, 4) is 0 Å². The normalized spacial score (nSPS) is 14.8. The summed E-state index contributed by atoms with van der Waals surface area (Å²) in [7, 11) is 1.74. The fraction of sp³-hybridized carbons (Fsp3) is 0.769. The molecule has 1 fully saturated rings. The highest BCUT2D eigenvalue weighted by atomic mass is 16.6. The minimum Gasteiger partial charge on any atom is -0.364 e. The highest BCUT2D eigenvalue weighted by Crippen LogP contribution is 2.32. The van der Waals surface area contributed by atoms with Gasteiger partial charge < -0.3 is 10.6 Å². The zero-order valence-corrected chi connectivity index (χ0v) is 12.3. The second-order valence-corrected chi connectivity index (χ2v) is 5.63. The van der Waals surface area contributed by atoms with Crippen molar-refractivity contribution < 1.29 is 4.92 Å². The van der Waals surface area contributed by atoms with Crippen LogP contribution in [0, 0.1) is 10.1 Å². The van der Waals surface area contributed by atoms with Gasteiger partial charge in [0.1, 0.15) is 5.69 Å². The molecular weight excluding hydrogens is 258 g/mol. The zero-order valence-electron chi connectivity index (χ0n) is 12.3. The van der Waals surface area contributed by atoms with E-state index in [4.69, 9.17) is 0 Å². The van der Waals surface area contributed by atoms with Crippen molar-refractivity contribution >= 4 is 11.5 Å². The molecule has 0 spiro atoms. The Kier molecular flexibility index (Phi) is 4.59. The number of rotatable bonds is 8. The first-order chi connectivity index (χ1) is 9.50. The van der Waals surface area contributed by atoms with Gasteiger partial charge >= 0.3 is 5.69 Å². The van der Waals surface area contributed by atoms with E-state index in [0.717, 1.165) is 13.0 Å². The molecule has 0 atom stereocenters. The maximum atomic E-state index is 11.2. The SMILES string of the molecule is CC(C)c1nn(C)c(NCCCNC2CC2)c1[N+](=O)[O-]. The topological polar surface area (TPSA) is 85.0 Å². The Morgan fingerprint density at radius 1 is 1.45 bits per heavy atom. The van der Waals surface area contributed by atoms with Gasteiger partial charge in [-0.1, -0.05) is 13.8 Å². The Morgan fingerprint density at radius 3 is 2.70 bits per heavy atom. The van der Waals surface area contributed by atoms with E-state index in [1.54, 1.807) is 11.7 Å². The van der Waals surface area contributed by atoms with Crippen LogP contribution in [-0.2, 0) is 7.05 Å². The number of hydrogen-bond acceptors (Lipinski definition) is 5. The lowest BCUT2D eigenvalue weighted by atomic mass is 10.1. The Hall–Kier alpha value is -1.63. The first-order valence-corrected chi connectivity index (χ1v) is 7.19. The highest BCUT2D eigenvalue weighted by Gasteiger charge is 2.28. The van der Waals surface area contributed by atoms with Crippen molar-refractivity contribution in [3.63, 3.8) is 0 Å². The average Bonchev–Trinajstić information content (AvgIpc) is 3.12.